The summed E-state index contributed by atoms with van der Waals surface area (Å²) in [6.45, 7) is 5.83. The van der Waals surface area contributed by atoms with Crippen molar-refractivity contribution in [2.24, 2.45) is 14.1 Å². The van der Waals surface area contributed by atoms with Gasteiger partial charge >= 0.3 is 11.8 Å². The second-order valence-corrected chi connectivity index (χ2v) is 8.54. The van der Waals surface area contributed by atoms with Crippen molar-refractivity contribution in [3.63, 3.8) is 0 Å². The number of aromatic nitrogens is 3. The molecule has 11 heteroatoms. The van der Waals surface area contributed by atoms with E-state index in [0.717, 1.165) is 4.57 Å². The molecule has 0 unspecified atom stereocenters. The minimum absolute atomic E-state index is 0.155. The number of rotatable bonds is 3. The van der Waals surface area contributed by atoms with Crippen molar-refractivity contribution in [1.82, 2.24) is 24.3 Å². The maximum atomic E-state index is 12.8. The van der Waals surface area contributed by atoms with E-state index in [1.807, 2.05) is 0 Å². The van der Waals surface area contributed by atoms with Gasteiger partial charge in [-0.1, -0.05) is 0 Å². The Bertz CT molecular complexity index is 1150. The molecule has 0 aromatic carbocycles. The van der Waals surface area contributed by atoms with Crippen LogP contribution >= 0.6 is 0 Å². The lowest BCUT2D eigenvalue weighted by Gasteiger charge is -2.24. The van der Waals surface area contributed by atoms with Crippen molar-refractivity contribution in [1.29, 1.82) is 0 Å². The fourth-order valence-corrected chi connectivity index (χ4v) is 3.47. The Morgan fingerprint density at radius 2 is 1.84 bits per heavy atom. The molecule has 2 aromatic rings. The molecule has 1 aliphatic rings. The Kier molecular flexibility index (Phi) is 5.90. The van der Waals surface area contributed by atoms with Crippen LogP contribution in [0.3, 0.4) is 0 Å². The minimum atomic E-state index is -0.635. The summed E-state index contributed by atoms with van der Waals surface area (Å²) in [5, 5.41) is 2.99. The lowest BCUT2D eigenvalue weighted by Crippen LogP contribution is -2.44. The molecule has 2 atom stereocenters. The largest absolute Gasteiger partial charge is 0.444 e. The zero-order valence-electron chi connectivity index (χ0n) is 18.5. The van der Waals surface area contributed by atoms with Gasteiger partial charge in [0, 0.05) is 33.9 Å². The number of hydrogen-bond donors (Lipinski definition) is 1. The Labute approximate surface area is 178 Å². The van der Waals surface area contributed by atoms with Gasteiger partial charge in [0.1, 0.15) is 11.2 Å². The van der Waals surface area contributed by atoms with Crippen LogP contribution in [0.5, 0.6) is 0 Å². The van der Waals surface area contributed by atoms with Gasteiger partial charge in [-0.15, -0.1) is 0 Å². The first-order chi connectivity index (χ1) is 14.4. The number of amides is 2. The summed E-state index contributed by atoms with van der Waals surface area (Å²) in [4.78, 5) is 55.3. The lowest BCUT2D eigenvalue weighted by atomic mass is 10.1. The van der Waals surface area contributed by atoms with E-state index in [1.54, 1.807) is 20.8 Å². The van der Waals surface area contributed by atoms with Crippen molar-refractivity contribution < 1.29 is 19.1 Å². The summed E-state index contributed by atoms with van der Waals surface area (Å²) in [6, 6.07) is 0.936. The number of aryl methyl sites for hydroxylation is 1. The molecule has 3 rings (SSSR count). The third-order valence-electron chi connectivity index (χ3n) is 5.09. The highest BCUT2D eigenvalue weighted by Gasteiger charge is 2.38. The molecule has 0 radical (unpaired) electrons. The van der Waals surface area contributed by atoms with E-state index in [0.29, 0.717) is 0 Å². The number of pyridine rings is 1. The van der Waals surface area contributed by atoms with Gasteiger partial charge in [-0.3, -0.25) is 18.7 Å². The Balaban J connectivity index is 1.82. The number of fused-ring (bicyclic) bond motifs is 1. The second-order valence-electron chi connectivity index (χ2n) is 8.54. The minimum Gasteiger partial charge on any atom is -0.444 e. The standard InChI is InChI=1S/C20H27N5O6/c1-20(2,3)31-19(29)25-9-13(14(10-25)30-6)22-16(26)11-7-12-15(21-8-11)23(4)18(28)24(5)17(12)27/h7-8,13-14H,9-10H2,1-6H3,(H,22,26)/t13-,14+/m1/s1. The molecule has 0 bridgehead atoms. The molecule has 1 N–H and O–H groups in total. The number of carbonyl (C=O) groups excluding carboxylic acids is 2. The molecule has 11 nitrogen and oxygen atoms in total. The quantitative estimate of drug-likeness (QED) is 0.722. The van der Waals surface area contributed by atoms with Crippen LogP contribution in [0.25, 0.3) is 11.0 Å². The van der Waals surface area contributed by atoms with E-state index in [-0.39, 0.29) is 29.7 Å². The van der Waals surface area contributed by atoms with Crippen molar-refractivity contribution in [3.8, 4) is 0 Å². The predicted octanol–water partition coefficient (Wildman–Crippen LogP) is -0.00370. The van der Waals surface area contributed by atoms with E-state index in [4.69, 9.17) is 9.47 Å². The Hall–Kier alpha value is -3.21. The van der Waals surface area contributed by atoms with Gasteiger partial charge < -0.3 is 19.7 Å². The van der Waals surface area contributed by atoms with Gasteiger partial charge in [0.25, 0.3) is 11.5 Å². The van der Waals surface area contributed by atoms with Gasteiger partial charge in [0.05, 0.1) is 29.6 Å². The van der Waals surface area contributed by atoms with Gasteiger partial charge in [-0.05, 0) is 26.8 Å². The monoisotopic (exact) mass is 433 g/mol. The van der Waals surface area contributed by atoms with Crippen LogP contribution in [-0.2, 0) is 23.6 Å². The molecule has 168 valence electrons. The molecule has 1 aliphatic heterocycles. The average molecular weight is 433 g/mol. The molecule has 1 saturated heterocycles. The fourth-order valence-electron chi connectivity index (χ4n) is 3.47. The number of ether oxygens (including phenoxy) is 2. The summed E-state index contributed by atoms with van der Waals surface area (Å²) in [5.41, 5.74) is -1.32. The van der Waals surface area contributed by atoms with Crippen LogP contribution in [-0.4, -0.2) is 69.0 Å². The maximum absolute atomic E-state index is 12.8. The number of hydrogen-bond acceptors (Lipinski definition) is 7. The van der Waals surface area contributed by atoms with Crippen LogP contribution in [0.2, 0.25) is 0 Å². The van der Waals surface area contributed by atoms with Gasteiger partial charge in [0.15, 0.2) is 0 Å². The van der Waals surface area contributed by atoms with E-state index >= 15 is 0 Å². The summed E-state index contributed by atoms with van der Waals surface area (Å²) in [5.74, 6) is -0.469. The predicted molar refractivity (Wildman–Crippen MR) is 112 cm³/mol. The summed E-state index contributed by atoms with van der Waals surface area (Å²) < 4.78 is 13.0. The van der Waals surface area contributed by atoms with E-state index in [9.17, 15) is 19.2 Å². The first-order valence-electron chi connectivity index (χ1n) is 9.80. The van der Waals surface area contributed by atoms with Crippen LogP contribution < -0.4 is 16.6 Å². The second kappa shape index (κ2) is 8.14. The molecule has 0 aliphatic carbocycles. The molecule has 3 heterocycles. The zero-order valence-corrected chi connectivity index (χ0v) is 18.5. The Morgan fingerprint density at radius 1 is 1.16 bits per heavy atom. The normalized spacial score (nSPS) is 19.0. The fraction of sp³-hybridized carbons (Fsp3) is 0.550. The van der Waals surface area contributed by atoms with Crippen molar-refractivity contribution in [2.75, 3.05) is 20.2 Å². The molecule has 2 amide bonds. The van der Waals surface area contributed by atoms with E-state index in [2.05, 4.69) is 10.3 Å². The SMILES string of the molecule is CO[C@H]1CN(C(=O)OC(C)(C)C)C[C@H]1NC(=O)c1cnc2c(c1)c(=O)n(C)c(=O)n2C. The van der Waals surface area contributed by atoms with Crippen LogP contribution in [0.15, 0.2) is 21.9 Å². The molecule has 2 aromatic heterocycles. The van der Waals surface area contributed by atoms with Crippen molar-refractivity contribution >= 4 is 23.0 Å². The van der Waals surface area contributed by atoms with Crippen LogP contribution in [0, 0.1) is 0 Å². The van der Waals surface area contributed by atoms with Gasteiger partial charge in [-0.25, -0.2) is 14.6 Å². The topological polar surface area (TPSA) is 125 Å². The number of nitrogens with one attached hydrogen (secondary N) is 1. The van der Waals surface area contributed by atoms with Gasteiger partial charge in [0.2, 0.25) is 0 Å². The third kappa shape index (κ3) is 4.46. The van der Waals surface area contributed by atoms with Gasteiger partial charge in [-0.2, -0.15) is 0 Å². The molecule has 1 fully saturated rings. The highest BCUT2D eigenvalue weighted by molar-refractivity contribution is 5.97. The average Bonchev–Trinajstić information content (AvgIpc) is 3.12. The smallest absolute Gasteiger partial charge is 0.410 e. The molecular weight excluding hydrogens is 406 g/mol. The lowest BCUT2D eigenvalue weighted by molar-refractivity contribution is 0.0252. The number of methoxy groups -OCH3 is 1. The van der Waals surface area contributed by atoms with E-state index in [1.165, 1.54) is 42.9 Å². The van der Waals surface area contributed by atoms with Crippen LogP contribution in [0.1, 0.15) is 31.1 Å². The molecule has 31 heavy (non-hydrogen) atoms. The van der Waals surface area contributed by atoms with Crippen LogP contribution in [0.4, 0.5) is 4.79 Å². The van der Waals surface area contributed by atoms with E-state index < -0.39 is 41.0 Å². The number of nitrogens with zero attached hydrogens (tertiary/aromatic N) is 4. The summed E-state index contributed by atoms with van der Waals surface area (Å²) in [7, 11) is 4.37. The summed E-state index contributed by atoms with van der Waals surface area (Å²) >= 11 is 0. The van der Waals surface area contributed by atoms with Crippen molar-refractivity contribution in [2.45, 2.75) is 38.5 Å². The maximum Gasteiger partial charge on any atom is 0.410 e. The molecule has 0 spiro atoms. The number of likely N-dealkylation sites (tertiary alicyclic amines) is 1. The first-order valence-corrected chi connectivity index (χ1v) is 9.80. The Morgan fingerprint density at radius 3 is 2.45 bits per heavy atom. The molecular formula is C20H27N5O6. The summed E-state index contributed by atoms with van der Waals surface area (Å²) in [6.07, 6.45) is 0.403. The molecule has 0 saturated carbocycles. The first kappa shape index (κ1) is 22.5. The third-order valence-corrected chi connectivity index (χ3v) is 5.09. The number of carbonyl (C=O) groups is 2. The highest BCUT2D eigenvalue weighted by atomic mass is 16.6. The van der Waals surface area contributed by atoms with Crippen molar-refractivity contribution in [3.05, 3.63) is 38.7 Å². The highest BCUT2D eigenvalue weighted by Crippen LogP contribution is 2.18. The zero-order chi connectivity index (χ0) is 23.1.